The van der Waals surface area contributed by atoms with E-state index >= 15 is 0 Å². The Morgan fingerprint density at radius 2 is 1.64 bits per heavy atom. The summed E-state index contributed by atoms with van der Waals surface area (Å²) in [6, 6.07) is 0. The molecule has 1 rings (SSSR count). The normalized spacial score (nSPS) is 18.9. The number of aliphatic hydroxyl groups is 4. The van der Waals surface area contributed by atoms with Gasteiger partial charge < -0.3 is 20.4 Å². The molecule has 0 unspecified atom stereocenters. The molecule has 0 atom stereocenters. The number of rotatable bonds is 0. The number of hydrogen-bond donors (Lipinski definition) is 4. The van der Waals surface area contributed by atoms with Gasteiger partial charge in [-0.15, -0.1) is 0 Å². The molecule has 0 heterocycles. The lowest BCUT2D eigenvalue weighted by Crippen LogP contribution is -1.86. The molecule has 4 N–H and O–H groups in total. The third-order valence-electron chi connectivity index (χ3n) is 1.32. The third kappa shape index (κ3) is 1.46. The van der Waals surface area contributed by atoms with Crippen LogP contribution in [0, 0.1) is 0 Å². The van der Waals surface area contributed by atoms with Crippen LogP contribution in [0.5, 0.6) is 0 Å². The largest absolute Gasteiger partial charge is 0.508 e. The summed E-state index contributed by atoms with van der Waals surface area (Å²) in [5.74, 6) is -1.50. The van der Waals surface area contributed by atoms with Gasteiger partial charge >= 0.3 is 0 Å². The summed E-state index contributed by atoms with van der Waals surface area (Å²) >= 11 is 0. The Bertz CT molecular complexity index is 260. The van der Waals surface area contributed by atoms with Gasteiger partial charge in [-0.25, -0.2) is 0 Å². The number of aliphatic hydroxyl groups excluding tert-OH is 4. The molecule has 0 saturated carbocycles. The van der Waals surface area contributed by atoms with Gasteiger partial charge in [0.1, 0.15) is 5.76 Å². The van der Waals surface area contributed by atoms with E-state index in [1.165, 1.54) is 6.08 Å². The maximum atomic E-state index is 8.91. The van der Waals surface area contributed by atoms with E-state index < -0.39 is 11.5 Å². The van der Waals surface area contributed by atoms with Gasteiger partial charge in [0.25, 0.3) is 0 Å². The van der Waals surface area contributed by atoms with Crippen LogP contribution in [0.25, 0.3) is 0 Å². The average Bonchev–Trinajstić information content (AvgIpc) is 2.05. The SMILES string of the molecule is OC1=CCC(O)=C(O)C=C1O. The molecule has 4 nitrogen and oxygen atoms in total. The topological polar surface area (TPSA) is 80.9 Å². The van der Waals surface area contributed by atoms with Gasteiger partial charge in [0.2, 0.25) is 0 Å². The van der Waals surface area contributed by atoms with Crippen LogP contribution < -0.4 is 0 Å². The van der Waals surface area contributed by atoms with Crippen molar-refractivity contribution in [2.24, 2.45) is 0 Å². The van der Waals surface area contributed by atoms with Crippen LogP contribution >= 0.6 is 0 Å². The van der Waals surface area contributed by atoms with Crippen molar-refractivity contribution in [2.45, 2.75) is 6.42 Å². The molecule has 11 heavy (non-hydrogen) atoms. The fourth-order valence-electron chi connectivity index (χ4n) is 0.689. The lowest BCUT2D eigenvalue weighted by Gasteiger charge is -1.93. The van der Waals surface area contributed by atoms with Gasteiger partial charge in [-0.1, -0.05) is 0 Å². The molecule has 0 aromatic heterocycles. The van der Waals surface area contributed by atoms with Crippen LogP contribution in [0.4, 0.5) is 0 Å². The number of hydrogen-bond acceptors (Lipinski definition) is 4. The Morgan fingerprint density at radius 3 is 2.27 bits per heavy atom. The number of allylic oxidation sites excluding steroid dienone is 2. The van der Waals surface area contributed by atoms with Crippen molar-refractivity contribution < 1.29 is 20.4 Å². The average molecular weight is 156 g/mol. The highest BCUT2D eigenvalue weighted by molar-refractivity contribution is 5.31. The molecule has 0 spiro atoms. The van der Waals surface area contributed by atoms with Crippen LogP contribution in [0.3, 0.4) is 0 Å². The summed E-state index contributed by atoms with van der Waals surface area (Å²) in [7, 11) is 0. The van der Waals surface area contributed by atoms with Gasteiger partial charge in [0.05, 0.1) is 0 Å². The maximum absolute atomic E-state index is 8.91. The van der Waals surface area contributed by atoms with Crippen molar-refractivity contribution in [3.8, 4) is 0 Å². The maximum Gasteiger partial charge on any atom is 0.160 e. The fraction of sp³-hybridized carbons (Fsp3) is 0.143. The fourth-order valence-corrected chi connectivity index (χ4v) is 0.689. The highest BCUT2D eigenvalue weighted by Crippen LogP contribution is 2.16. The lowest BCUT2D eigenvalue weighted by atomic mass is 10.3. The predicted octanol–water partition coefficient (Wildman–Crippen LogP) is 1.60. The molecule has 0 aliphatic heterocycles. The monoisotopic (exact) mass is 156 g/mol. The van der Waals surface area contributed by atoms with E-state index in [0.29, 0.717) is 0 Å². The zero-order valence-corrected chi connectivity index (χ0v) is 5.65. The van der Waals surface area contributed by atoms with E-state index in [-0.39, 0.29) is 17.9 Å². The van der Waals surface area contributed by atoms with Gasteiger partial charge in [-0.3, -0.25) is 0 Å². The van der Waals surface area contributed by atoms with Crippen molar-refractivity contribution in [1.82, 2.24) is 0 Å². The summed E-state index contributed by atoms with van der Waals surface area (Å²) < 4.78 is 0. The van der Waals surface area contributed by atoms with Crippen molar-refractivity contribution in [2.75, 3.05) is 0 Å². The van der Waals surface area contributed by atoms with Gasteiger partial charge in [-0.2, -0.15) is 0 Å². The van der Waals surface area contributed by atoms with Crippen LogP contribution in [-0.4, -0.2) is 20.4 Å². The zero-order valence-electron chi connectivity index (χ0n) is 5.65. The second-order valence-electron chi connectivity index (χ2n) is 2.16. The van der Waals surface area contributed by atoms with Crippen molar-refractivity contribution >= 4 is 0 Å². The van der Waals surface area contributed by atoms with Crippen LogP contribution in [0.15, 0.2) is 35.2 Å². The molecule has 0 amide bonds. The van der Waals surface area contributed by atoms with E-state index in [2.05, 4.69) is 0 Å². The third-order valence-corrected chi connectivity index (χ3v) is 1.32. The van der Waals surface area contributed by atoms with E-state index in [0.717, 1.165) is 6.08 Å². The van der Waals surface area contributed by atoms with Crippen LogP contribution in [0.2, 0.25) is 0 Å². The van der Waals surface area contributed by atoms with E-state index in [1.54, 1.807) is 0 Å². The van der Waals surface area contributed by atoms with E-state index in [1.807, 2.05) is 0 Å². The lowest BCUT2D eigenvalue weighted by molar-refractivity contribution is 0.319. The second-order valence-corrected chi connectivity index (χ2v) is 2.16. The standard InChI is InChI=1S/C7H8O4/c8-4-1-2-5(9)7(11)3-6(4)10/h1,3,8-11H,2H2. The molecule has 0 bridgehead atoms. The van der Waals surface area contributed by atoms with Crippen molar-refractivity contribution in [3.05, 3.63) is 35.2 Å². The Morgan fingerprint density at radius 1 is 1.00 bits per heavy atom. The highest BCUT2D eigenvalue weighted by Gasteiger charge is 2.09. The summed E-state index contributed by atoms with van der Waals surface area (Å²) in [6.07, 6.45) is 2.09. The minimum absolute atomic E-state index is 0.0121. The molecule has 1 aliphatic rings. The Balaban J connectivity index is 3.04. The highest BCUT2D eigenvalue weighted by atomic mass is 16.3. The quantitative estimate of drug-likeness (QED) is 0.429. The first-order valence-corrected chi connectivity index (χ1v) is 3.02. The minimum Gasteiger partial charge on any atom is -0.508 e. The van der Waals surface area contributed by atoms with Gasteiger partial charge in [0.15, 0.2) is 17.3 Å². The second kappa shape index (κ2) is 2.57. The molecule has 0 aromatic carbocycles. The Labute approximate surface area is 63.0 Å². The molecule has 0 radical (unpaired) electrons. The van der Waals surface area contributed by atoms with Crippen LogP contribution in [0.1, 0.15) is 6.42 Å². The van der Waals surface area contributed by atoms with Crippen LogP contribution in [-0.2, 0) is 0 Å². The molecule has 4 heteroatoms. The smallest absolute Gasteiger partial charge is 0.160 e. The molecular formula is C7H8O4. The van der Waals surface area contributed by atoms with Crippen molar-refractivity contribution in [1.29, 1.82) is 0 Å². The predicted molar refractivity (Wildman–Crippen MR) is 38.3 cm³/mol. The molecular weight excluding hydrogens is 148 g/mol. The first-order chi connectivity index (χ1) is 5.11. The molecule has 0 fully saturated rings. The summed E-state index contributed by atoms with van der Waals surface area (Å²) in [5, 5.41) is 35.6. The minimum atomic E-state index is -0.452. The van der Waals surface area contributed by atoms with E-state index in [4.69, 9.17) is 20.4 Å². The van der Waals surface area contributed by atoms with Gasteiger partial charge in [-0.05, 0) is 6.08 Å². The first-order valence-electron chi connectivity index (χ1n) is 3.02. The Hall–Kier alpha value is -1.58. The molecule has 60 valence electrons. The van der Waals surface area contributed by atoms with E-state index in [9.17, 15) is 0 Å². The summed E-state index contributed by atoms with van der Waals surface area (Å²) in [6.45, 7) is 0. The molecule has 0 saturated heterocycles. The zero-order chi connectivity index (χ0) is 8.43. The van der Waals surface area contributed by atoms with Gasteiger partial charge in [0, 0.05) is 12.5 Å². The summed E-state index contributed by atoms with van der Waals surface area (Å²) in [5.41, 5.74) is 0. The molecule has 0 aromatic rings. The summed E-state index contributed by atoms with van der Waals surface area (Å²) in [4.78, 5) is 0. The Kier molecular flexibility index (Phi) is 1.76. The first kappa shape index (κ1) is 7.53. The molecule has 1 aliphatic carbocycles. The van der Waals surface area contributed by atoms with Crippen molar-refractivity contribution in [3.63, 3.8) is 0 Å².